The summed E-state index contributed by atoms with van der Waals surface area (Å²) in [7, 11) is -3.50. The molecule has 0 saturated carbocycles. The molecular weight excluding hydrogens is 496 g/mol. The highest BCUT2D eigenvalue weighted by molar-refractivity contribution is 7.92. The highest BCUT2D eigenvalue weighted by Crippen LogP contribution is 2.28. The van der Waals surface area contributed by atoms with Crippen molar-refractivity contribution in [1.82, 2.24) is 4.90 Å². The third-order valence-electron chi connectivity index (χ3n) is 6.33. The molecule has 36 heavy (non-hydrogen) atoms. The van der Waals surface area contributed by atoms with E-state index in [9.17, 15) is 18.0 Å². The van der Waals surface area contributed by atoms with Gasteiger partial charge in [0.25, 0.3) is 0 Å². The Bertz CT molecular complexity index is 1280. The number of nitrogens with zero attached hydrogens (tertiary/aromatic N) is 1. The zero-order chi connectivity index (χ0) is 25.5. The summed E-state index contributed by atoms with van der Waals surface area (Å²) >= 11 is 1.60. The minimum atomic E-state index is -3.50. The molecule has 1 N–H and O–H groups in total. The van der Waals surface area contributed by atoms with Crippen molar-refractivity contribution in [3.05, 3.63) is 70.9 Å². The number of piperidine rings is 1. The number of ether oxygens (including phenoxy) is 1. The standard InChI is InChI=1S/C27H30N2O5S2/c1-2-3-17-34-26(30)24-6-4-5-7-25(24)28-27(31)29-15-12-23(13-16-29)36(32,33)22-10-8-20(9-11-22)21-14-18-35-19-21/h4-11,14,18-19,23H,2-3,12-13,15-17H2,1H3,(H,28,31). The zero-order valence-electron chi connectivity index (χ0n) is 20.2. The number of hydrogen-bond acceptors (Lipinski definition) is 6. The van der Waals surface area contributed by atoms with Crippen molar-refractivity contribution in [2.45, 2.75) is 42.8 Å². The van der Waals surface area contributed by atoms with E-state index >= 15 is 0 Å². The van der Waals surface area contributed by atoms with E-state index in [1.807, 2.05) is 35.9 Å². The topological polar surface area (TPSA) is 92.8 Å². The zero-order valence-corrected chi connectivity index (χ0v) is 21.8. The fourth-order valence-electron chi connectivity index (χ4n) is 4.18. The van der Waals surface area contributed by atoms with Crippen LogP contribution in [0.1, 0.15) is 43.0 Å². The van der Waals surface area contributed by atoms with Crippen LogP contribution in [0, 0.1) is 0 Å². The number of hydrogen-bond donors (Lipinski definition) is 1. The number of likely N-dealkylation sites (tertiary alicyclic amines) is 1. The number of para-hydroxylation sites is 1. The van der Waals surface area contributed by atoms with Crippen molar-refractivity contribution in [3.8, 4) is 11.1 Å². The summed E-state index contributed by atoms with van der Waals surface area (Å²) in [6, 6.07) is 15.4. The molecule has 9 heteroatoms. The van der Waals surface area contributed by atoms with Gasteiger partial charge < -0.3 is 15.0 Å². The second-order valence-electron chi connectivity index (χ2n) is 8.73. The van der Waals surface area contributed by atoms with E-state index < -0.39 is 21.1 Å². The van der Waals surface area contributed by atoms with Gasteiger partial charge in [0.2, 0.25) is 0 Å². The van der Waals surface area contributed by atoms with Gasteiger partial charge in [-0.1, -0.05) is 37.6 Å². The summed E-state index contributed by atoms with van der Waals surface area (Å²) in [5.74, 6) is -0.478. The van der Waals surface area contributed by atoms with Crippen molar-refractivity contribution in [3.63, 3.8) is 0 Å². The quantitative estimate of drug-likeness (QED) is 0.294. The van der Waals surface area contributed by atoms with E-state index in [4.69, 9.17) is 4.74 Å². The van der Waals surface area contributed by atoms with Gasteiger partial charge in [0.15, 0.2) is 9.84 Å². The third kappa shape index (κ3) is 5.96. The predicted octanol–water partition coefficient (Wildman–Crippen LogP) is 5.84. The molecule has 0 unspecified atom stereocenters. The number of benzene rings is 2. The van der Waals surface area contributed by atoms with Gasteiger partial charge in [-0.25, -0.2) is 18.0 Å². The Morgan fingerprint density at radius 1 is 1.03 bits per heavy atom. The van der Waals surface area contributed by atoms with E-state index in [0.717, 1.165) is 24.0 Å². The number of carbonyl (C=O) groups excluding carboxylic acids is 2. The molecule has 0 bridgehead atoms. The van der Waals surface area contributed by atoms with Gasteiger partial charge in [-0.3, -0.25) is 0 Å². The number of esters is 1. The van der Waals surface area contributed by atoms with Gasteiger partial charge in [0.05, 0.1) is 28.0 Å². The molecule has 1 aliphatic rings. The summed E-state index contributed by atoms with van der Waals surface area (Å²) in [6.07, 6.45) is 2.39. The van der Waals surface area contributed by atoms with Gasteiger partial charge in [0, 0.05) is 13.1 Å². The summed E-state index contributed by atoms with van der Waals surface area (Å²) in [5.41, 5.74) is 2.73. The van der Waals surface area contributed by atoms with Gasteiger partial charge in [-0.15, -0.1) is 0 Å². The second kappa shape index (κ2) is 11.7. The monoisotopic (exact) mass is 526 g/mol. The molecule has 1 saturated heterocycles. The SMILES string of the molecule is CCCCOC(=O)c1ccccc1NC(=O)N1CCC(S(=O)(=O)c2ccc(-c3ccsc3)cc2)CC1. The molecule has 190 valence electrons. The van der Waals surface area contributed by atoms with Crippen LogP contribution >= 0.6 is 11.3 Å². The second-order valence-corrected chi connectivity index (χ2v) is 11.7. The minimum absolute atomic E-state index is 0.297. The van der Waals surface area contributed by atoms with Crippen LogP contribution < -0.4 is 5.32 Å². The summed E-state index contributed by atoms with van der Waals surface area (Å²) in [5, 5.41) is 6.26. The lowest BCUT2D eigenvalue weighted by Gasteiger charge is -2.32. The number of nitrogens with one attached hydrogen (secondary N) is 1. The highest BCUT2D eigenvalue weighted by atomic mass is 32.2. The number of thiophene rings is 1. The largest absolute Gasteiger partial charge is 0.462 e. The molecule has 2 amide bonds. The van der Waals surface area contributed by atoms with E-state index in [1.165, 1.54) is 0 Å². The normalized spacial score (nSPS) is 14.4. The van der Waals surface area contributed by atoms with Crippen LogP contribution in [0.3, 0.4) is 0 Å². The van der Waals surface area contributed by atoms with Gasteiger partial charge in [0.1, 0.15) is 0 Å². The van der Waals surface area contributed by atoms with Crippen LogP contribution in [-0.2, 0) is 14.6 Å². The maximum absolute atomic E-state index is 13.2. The van der Waals surface area contributed by atoms with Crippen molar-refractivity contribution < 1.29 is 22.7 Å². The average molecular weight is 527 g/mol. The van der Waals surface area contributed by atoms with Crippen LogP contribution in [0.4, 0.5) is 10.5 Å². The van der Waals surface area contributed by atoms with Crippen molar-refractivity contribution in [1.29, 1.82) is 0 Å². The molecule has 1 aromatic heterocycles. The Morgan fingerprint density at radius 2 is 1.75 bits per heavy atom. The highest BCUT2D eigenvalue weighted by Gasteiger charge is 2.33. The number of unbranched alkanes of at least 4 members (excludes halogenated alkanes) is 1. The number of sulfone groups is 1. The van der Waals surface area contributed by atoms with Gasteiger partial charge >= 0.3 is 12.0 Å². The summed E-state index contributed by atoms with van der Waals surface area (Å²) in [4.78, 5) is 27.2. The number of urea groups is 1. The lowest BCUT2D eigenvalue weighted by Crippen LogP contribution is -2.44. The first-order valence-corrected chi connectivity index (χ1v) is 14.6. The van der Waals surface area contributed by atoms with E-state index in [-0.39, 0.29) is 6.03 Å². The molecule has 2 aromatic carbocycles. The fourth-order valence-corrected chi connectivity index (χ4v) is 6.58. The Balaban J connectivity index is 1.36. The number of rotatable bonds is 8. The average Bonchev–Trinajstić information content (AvgIpc) is 3.44. The smallest absolute Gasteiger partial charge is 0.340 e. The number of anilines is 1. The number of carbonyl (C=O) groups is 2. The molecule has 1 fully saturated rings. The maximum Gasteiger partial charge on any atom is 0.340 e. The lowest BCUT2D eigenvalue weighted by molar-refractivity contribution is 0.0501. The molecule has 3 aromatic rings. The summed E-state index contributed by atoms with van der Waals surface area (Å²) in [6.45, 7) is 2.96. The molecule has 0 aliphatic carbocycles. The first-order chi connectivity index (χ1) is 17.4. The maximum atomic E-state index is 13.2. The first kappa shape index (κ1) is 25.9. The predicted molar refractivity (Wildman–Crippen MR) is 142 cm³/mol. The first-order valence-electron chi connectivity index (χ1n) is 12.1. The van der Waals surface area contributed by atoms with E-state index in [0.29, 0.717) is 48.7 Å². The van der Waals surface area contributed by atoms with Crippen LogP contribution in [0.5, 0.6) is 0 Å². The molecule has 0 radical (unpaired) electrons. The van der Waals surface area contributed by atoms with Crippen molar-refractivity contribution in [2.24, 2.45) is 0 Å². The lowest BCUT2D eigenvalue weighted by atomic mass is 10.1. The molecule has 2 heterocycles. The van der Waals surface area contributed by atoms with Gasteiger partial charge in [-0.05, 0) is 71.5 Å². The van der Waals surface area contributed by atoms with Crippen molar-refractivity contribution in [2.75, 3.05) is 25.0 Å². The number of amides is 2. The van der Waals surface area contributed by atoms with Crippen molar-refractivity contribution >= 4 is 38.9 Å². The van der Waals surface area contributed by atoms with Crippen LogP contribution in [0.25, 0.3) is 11.1 Å². The Kier molecular flexibility index (Phi) is 8.43. The molecule has 7 nitrogen and oxygen atoms in total. The van der Waals surface area contributed by atoms with E-state index in [2.05, 4.69) is 5.32 Å². The third-order valence-corrected chi connectivity index (χ3v) is 9.29. The Hall–Kier alpha value is -3.17. The van der Waals surface area contributed by atoms with Crippen LogP contribution in [0.15, 0.2) is 70.3 Å². The van der Waals surface area contributed by atoms with E-state index in [1.54, 1.807) is 52.6 Å². The van der Waals surface area contributed by atoms with Crippen LogP contribution in [0.2, 0.25) is 0 Å². The van der Waals surface area contributed by atoms with Gasteiger partial charge in [-0.2, -0.15) is 11.3 Å². The molecule has 0 atom stereocenters. The Labute approximate surface area is 216 Å². The fraction of sp³-hybridized carbons (Fsp3) is 0.333. The molecule has 0 spiro atoms. The van der Waals surface area contributed by atoms with Crippen LogP contribution in [-0.4, -0.2) is 50.3 Å². The molecule has 1 aliphatic heterocycles. The molecule has 4 rings (SSSR count). The molecular formula is C27H30N2O5S2. The Morgan fingerprint density at radius 3 is 2.42 bits per heavy atom. The summed E-state index contributed by atoms with van der Waals surface area (Å²) < 4.78 is 31.7. The minimum Gasteiger partial charge on any atom is -0.462 e.